The second kappa shape index (κ2) is 9.60. The van der Waals surface area contributed by atoms with Crippen LogP contribution in [-0.4, -0.2) is 42.7 Å². The van der Waals surface area contributed by atoms with Gasteiger partial charge in [0.1, 0.15) is 0 Å². The van der Waals surface area contributed by atoms with Gasteiger partial charge in [-0.25, -0.2) is 4.68 Å². The predicted molar refractivity (Wildman–Crippen MR) is 105 cm³/mol. The van der Waals surface area contributed by atoms with Gasteiger partial charge in [0, 0.05) is 19.0 Å². The topological polar surface area (TPSA) is 46.8 Å². The Bertz CT molecular complexity index is 532. The lowest BCUT2D eigenvalue weighted by Crippen LogP contribution is -2.40. The van der Waals surface area contributed by atoms with Gasteiger partial charge in [0.05, 0.1) is 11.0 Å². The summed E-state index contributed by atoms with van der Waals surface area (Å²) in [6, 6.07) is 1.19. The van der Waals surface area contributed by atoms with E-state index in [1.807, 2.05) is 0 Å². The molecule has 0 unspecified atom stereocenters. The van der Waals surface area contributed by atoms with Crippen molar-refractivity contribution in [1.82, 2.24) is 25.1 Å². The first kappa shape index (κ1) is 18.7. The van der Waals surface area contributed by atoms with Crippen molar-refractivity contribution in [2.24, 2.45) is 0 Å². The normalized spacial score (nSPS) is 19.9. The third-order valence-corrected chi connectivity index (χ3v) is 6.39. The van der Waals surface area contributed by atoms with Crippen LogP contribution in [-0.2, 0) is 6.42 Å². The average Bonchev–Trinajstić information content (AvgIpc) is 3.12. The monoisotopic (exact) mass is 363 g/mol. The fourth-order valence-corrected chi connectivity index (χ4v) is 4.98. The number of thiocarbonyl (C=S) groups is 1. The SMILES string of the molecule is CCN(C(=S)CCCc1nnnn1C1CCCCC1)C1CCCCC1. The molecule has 6 heteroatoms. The first-order valence-electron chi connectivity index (χ1n) is 10.4. The van der Waals surface area contributed by atoms with Crippen LogP contribution in [0.5, 0.6) is 0 Å². The van der Waals surface area contributed by atoms with E-state index in [-0.39, 0.29) is 0 Å². The molecule has 25 heavy (non-hydrogen) atoms. The van der Waals surface area contributed by atoms with Crippen molar-refractivity contribution in [3.05, 3.63) is 5.82 Å². The Balaban J connectivity index is 1.48. The highest BCUT2D eigenvalue weighted by atomic mass is 32.1. The van der Waals surface area contributed by atoms with Crippen molar-refractivity contribution in [3.63, 3.8) is 0 Å². The maximum absolute atomic E-state index is 5.78. The third kappa shape index (κ3) is 4.99. The van der Waals surface area contributed by atoms with Crippen LogP contribution in [0.25, 0.3) is 0 Å². The zero-order valence-corrected chi connectivity index (χ0v) is 16.5. The van der Waals surface area contributed by atoms with Crippen molar-refractivity contribution in [3.8, 4) is 0 Å². The van der Waals surface area contributed by atoms with E-state index < -0.39 is 0 Å². The molecule has 0 radical (unpaired) electrons. The summed E-state index contributed by atoms with van der Waals surface area (Å²) in [5, 5.41) is 12.5. The number of hydrogen-bond acceptors (Lipinski definition) is 4. The van der Waals surface area contributed by atoms with Crippen molar-refractivity contribution in [1.29, 1.82) is 0 Å². The molecule has 140 valence electrons. The summed E-state index contributed by atoms with van der Waals surface area (Å²) in [7, 11) is 0. The molecule has 2 aliphatic carbocycles. The molecule has 0 amide bonds. The second-order valence-electron chi connectivity index (χ2n) is 7.66. The van der Waals surface area contributed by atoms with Gasteiger partial charge in [-0.15, -0.1) is 5.10 Å². The van der Waals surface area contributed by atoms with Crippen LogP contribution in [0.1, 0.15) is 95.8 Å². The molecule has 1 heterocycles. The van der Waals surface area contributed by atoms with Crippen LogP contribution in [0.15, 0.2) is 0 Å². The van der Waals surface area contributed by atoms with Crippen LogP contribution < -0.4 is 0 Å². The van der Waals surface area contributed by atoms with Crippen LogP contribution in [0.2, 0.25) is 0 Å². The highest BCUT2D eigenvalue weighted by molar-refractivity contribution is 7.80. The van der Waals surface area contributed by atoms with Crippen molar-refractivity contribution >= 4 is 17.2 Å². The highest BCUT2D eigenvalue weighted by Gasteiger charge is 2.22. The molecule has 2 fully saturated rings. The molecule has 1 aromatic rings. The Morgan fingerprint density at radius 3 is 2.44 bits per heavy atom. The van der Waals surface area contributed by atoms with Crippen LogP contribution in [0, 0.1) is 0 Å². The third-order valence-electron chi connectivity index (χ3n) is 5.95. The summed E-state index contributed by atoms with van der Waals surface area (Å²) < 4.78 is 2.10. The molecule has 2 aliphatic rings. The largest absolute Gasteiger partial charge is 0.363 e. The van der Waals surface area contributed by atoms with Crippen molar-refractivity contribution < 1.29 is 0 Å². The summed E-state index contributed by atoms with van der Waals surface area (Å²) in [6.07, 6.45) is 16.1. The molecule has 0 bridgehead atoms. The van der Waals surface area contributed by atoms with Gasteiger partial charge in [0.25, 0.3) is 0 Å². The Labute approximate surface area is 157 Å². The molecule has 2 saturated carbocycles. The summed E-state index contributed by atoms with van der Waals surface area (Å²) in [5.74, 6) is 1.05. The summed E-state index contributed by atoms with van der Waals surface area (Å²) in [6.45, 7) is 3.29. The fourth-order valence-electron chi connectivity index (χ4n) is 4.56. The Kier molecular flexibility index (Phi) is 7.20. The zero-order valence-electron chi connectivity index (χ0n) is 15.7. The lowest BCUT2D eigenvalue weighted by Gasteiger charge is -2.35. The maximum Gasteiger partial charge on any atom is 0.151 e. The van der Waals surface area contributed by atoms with Crippen LogP contribution in [0.4, 0.5) is 0 Å². The summed E-state index contributed by atoms with van der Waals surface area (Å²) >= 11 is 5.78. The van der Waals surface area contributed by atoms with E-state index in [0.717, 1.165) is 36.6 Å². The van der Waals surface area contributed by atoms with Gasteiger partial charge in [-0.05, 0) is 55.9 Å². The first-order valence-corrected chi connectivity index (χ1v) is 10.8. The number of hydrogen-bond donors (Lipinski definition) is 0. The molecule has 0 saturated heterocycles. The number of tetrazole rings is 1. The lowest BCUT2D eigenvalue weighted by molar-refractivity contribution is 0.251. The second-order valence-corrected chi connectivity index (χ2v) is 8.13. The zero-order chi connectivity index (χ0) is 17.5. The number of aromatic nitrogens is 4. The van der Waals surface area contributed by atoms with E-state index in [1.54, 1.807) is 0 Å². The minimum Gasteiger partial charge on any atom is -0.363 e. The maximum atomic E-state index is 5.78. The van der Waals surface area contributed by atoms with Gasteiger partial charge < -0.3 is 4.90 Å². The first-order chi connectivity index (χ1) is 12.3. The van der Waals surface area contributed by atoms with Gasteiger partial charge in [-0.3, -0.25) is 0 Å². The van der Waals surface area contributed by atoms with E-state index in [2.05, 4.69) is 32.0 Å². The molecule has 5 nitrogen and oxygen atoms in total. The molecular formula is C19H33N5S. The Morgan fingerprint density at radius 2 is 1.76 bits per heavy atom. The van der Waals surface area contributed by atoms with E-state index in [0.29, 0.717) is 12.1 Å². The molecule has 0 spiro atoms. The van der Waals surface area contributed by atoms with E-state index in [9.17, 15) is 0 Å². The Hall–Kier alpha value is -1.04. The minimum absolute atomic E-state index is 0.514. The van der Waals surface area contributed by atoms with Crippen molar-refractivity contribution in [2.75, 3.05) is 6.54 Å². The van der Waals surface area contributed by atoms with Gasteiger partial charge >= 0.3 is 0 Å². The molecule has 0 aliphatic heterocycles. The summed E-state index contributed by atoms with van der Waals surface area (Å²) in [5.41, 5.74) is 0. The van der Waals surface area contributed by atoms with E-state index >= 15 is 0 Å². The molecule has 3 rings (SSSR count). The molecule has 0 N–H and O–H groups in total. The van der Waals surface area contributed by atoms with Gasteiger partial charge in [-0.1, -0.05) is 50.7 Å². The standard InChI is InChI=1S/C19H33N5S/c1-2-23(16-10-5-3-6-11-16)19(25)15-9-14-18-20-21-22-24(18)17-12-7-4-8-13-17/h16-17H,2-15H2,1H3. The quantitative estimate of drug-likeness (QED) is 0.668. The Morgan fingerprint density at radius 1 is 1.08 bits per heavy atom. The molecule has 0 aromatic carbocycles. The number of aryl methyl sites for hydroxylation is 1. The van der Waals surface area contributed by atoms with E-state index in [1.165, 1.54) is 64.2 Å². The average molecular weight is 364 g/mol. The highest BCUT2D eigenvalue weighted by Crippen LogP contribution is 2.28. The van der Waals surface area contributed by atoms with Gasteiger partial charge in [0.2, 0.25) is 0 Å². The smallest absolute Gasteiger partial charge is 0.151 e. The molecular weight excluding hydrogens is 330 g/mol. The number of nitrogens with zero attached hydrogens (tertiary/aromatic N) is 5. The fraction of sp³-hybridized carbons (Fsp3) is 0.895. The van der Waals surface area contributed by atoms with Gasteiger partial charge in [-0.2, -0.15) is 0 Å². The number of rotatable bonds is 7. The molecule has 0 atom stereocenters. The van der Waals surface area contributed by atoms with E-state index in [4.69, 9.17) is 12.2 Å². The van der Waals surface area contributed by atoms with Crippen LogP contribution in [0.3, 0.4) is 0 Å². The summed E-state index contributed by atoms with van der Waals surface area (Å²) in [4.78, 5) is 3.63. The van der Waals surface area contributed by atoms with Crippen molar-refractivity contribution in [2.45, 2.75) is 102 Å². The van der Waals surface area contributed by atoms with Crippen LogP contribution >= 0.6 is 12.2 Å². The van der Waals surface area contributed by atoms with Gasteiger partial charge in [0.15, 0.2) is 5.82 Å². The predicted octanol–water partition coefficient (Wildman–Crippen LogP) is 4.48. The molecule has 1 aromatic heterocycles. The lowest BCUT2D eigenvalue weighted by atomic mass is 9.94. The minimum atomic E-state index is 0.514.